The van der Waals surface area contributed by atoms with Crippen LogP contribution in [0.3, 0.4) is 0 Å². The van der Waals surface area contributed by atoms with Crippen molar-refractivity contribution >= 4 is 11.7 Å². The Kier molecular flexibility index (Phi) is 1.65. The van der Waals surface area contributed by atoms with Gasteiger partial charge in [0.1, 0.15) is 5.82 Å². The molecule has 13 heavy (non-hydrogen) atoms. The fraction of sp³-hybridized carbons (Fsp3) is 0.556. The first-order chi connectivity index (χ1) is 6.09. The molecule has 0 spiro atoms. The molecular formula is C9H13N3O. The first kappa shape index (κ1) is 8.29. The molecule has 2 rings (SSSR count). The second-order valence-electron chi connectivity index (χ2n) is 3.63. The lowest BCUT2D eigenvalue weighted by atomic mass is 9.97. The molecule has 0 radical (unpaired) electrons. The average molecular weight is 179 g/mol. The summed E-state index contributed by atoms with van der Waals surface area (Å²) in [7, 11) is 1.85. The third-order valence-electron chi connectivity index (χ3n) is 2.55. The van der Waals surface area contributed by atoms with Gasteiger partial charge < -0.3 is 5.32 Å². The summed E-state index contributed by atoms with van der Waals surface area (Å²) in [5.74, 6) is 1.02. The van der Waals surface area contributed by atoms with E-state index in [9.17, 15) is 4.79 Å². The fourth-order valence-electron chi connectivity index (χ4n) is 1.74. The van der Waals surface area contributed by atoms with Gasteiger partial charge in [-0.05, 0) is 13.3 Å². The molecule has 0 aromatic carbocycles. The first-order valence-electron chi connectivity index (χ1n) is 4.43. The predicted octanol–water partition coefficient (Wildman–Crippen LogP) is 0.859. The maximum absolute atomic E-state index is 11.4. The van der Waals surface area contributed by atoms with Crippen molar-refractivity contribution in [3.63, 3.8) is 0 Å². The number of rotatable bonds is 0. The van der Waals surface area contributed by atoms with E-state index in [1.165, 1.54) is 5.56 Å². The number of aromatic nitrogens is 2. The average Bonchev–Trinajstić information content (AvgIpc) is 2.31. The molecule has 1 aliphatic rings. The highest BCUT2D eigenvalue weighted by Gasteiger charge is 2.26. The van der Waals surface area contributed by atoms with E-state index in [1.54, 1.807) is 4.68 Å². The number of fused-ring (bicyclic) bond motifs is 1. The normalized spacial score (nSPS) is 21.2. The minimum atomic E-state index is 0.0652. The number of carbonyl (C=O) groups excluding carboxylic acids is 1. The number of amides is 1. The molecule has 1 N–H and O–H groups in total. The highest BCUT2D eigenvalue weighted by molar-refractivity contribution is 5.94. The van der Waals surface area contributed by atoms with Crippen molar-refractivity contribution in [2.75, 3.05) is 5.32 Å². The Balaban J connectivity index is 2.50. The molecule has 1 aliphatic heterocycles. The van der Waals surface area contributed by atoms with Gasteiger partial charge in [0.05, 0.1) is 5.69 Å². The number of nitrogens with one attached hydrogen (secondary N) is 1. The monoisotopic (exact) mass is 179 g/mol. The zero-order valence-corrected chi connectivity index (χ0v) is 8.09. The summed E-state index contributed by atoms with van der Waals surface area (Å²) >= 11 is 0. The summed E-state index contributed by atoms with van der Waals surface area (Å²) in [6, 6.07) is 0. The molecule has 0 bridgehead atoms. The molecule has 1 unspecified atom stereocenters. The van der Waals surface area contributed by atoms with E-state index in [-0.39, 0.29) is 11.8 Å². The van der Waals surface area contributed by atoms with E-state index in [1.807, 2.05) is 20.9 Å². The van der Waals surface area contributed by atoms with E-state index in [0.717, 1.165) is 17.9 Å². The Labute approximate surface area is 76.9 Å². The summed E-state index contributed by atoms with van der Waals surface area (Å²) in [6.07, 6.45) is 0.806. The standard InChI is InChI=1S/C9H13N3O/c1-5-4-7-6(2)11-12(3)8(7)10-9(5)13/h5H,4H2,1-3H3,(H,10,13). The summed E-state index contributed by atoms with van der Waals surface area (Å²) in [5, 5.41) is 7.12. The molecule has 4 heteroatoms. The van der Waals surface area contributed by atoms with Crippen LogP contribution < -0.4 is 5.32 Å². The number of anilines is 1. The van der Waals surface area contributed by atoms with Crippen molar-refractivity contribution in [3.8, 4) is 0 Å². The summed E-state index contributed by atoms with van der Waals surface area (Å²) < 4.78 is 1.73. The minimum Gasteiger partial charge on any atom is -0.310 e. The molecule has 70 valence electrons. The quantitative estimate of drug-likeness (QED) is 0.642. The number of aryl methyl sites for hydroxylation is 2. The van der Waals surface area contributed by atoms with Crippen molar-refractivity contribution in [1.29, 1.82) is 0 Å². The van der Waals surface area contributed by atoms with Gasteiger partial charge in [0.15, 0.2) is 0 Å². The maximum Gasteiger partial charge on any atom is 0.228 e. The van der Waals surface area contributed by atoms with Gasteiger partial charge in [-0.15, -0.1) is 0 Å². The minimum absolute atomic E-state index is 0.0652. The lowest BCUT2D eigenvalue weighted by molar-refractivity contribution is -0.119. The van der Waals surface area contributed by atoms with Crippen molar-refractivity contribution < 1.29 is 4.79 Å². The van der Waals surface area contributed by atoms with Crippen LogP contribution in [0, 0.1) is 12.8 Å². The van der Waals surface area contributed by atoms with Gasteiger partial charge in [0.2, 0.25) is 5.91 Å². The van der Waals surface area contributed by atoms with Crippen molar-refractivity contribution in [1.82, 2.24) is 9.78 Å². The summed E-state index contributed by atoms with van der Waals surface area (Å²) in [5.41, 5.74) is 2.19. The topological polar surface area (TPSA) is 46.9 Å². The van der Waals surface area contributed by atoms with Crippen molar-refractivity contribution in [2.24, 2.45) is 13.0 Å². The number of hydrogen-bond donors (Lipinski definition) is 1. The smallest absolute Gasteiger partial charge is 0.228 e. The van der Waals surface area contributed by atoms with Gasteiger partial charge in [-0.3, -0.25) is 9.48 Å². The highest BCUT2D eigenvalue weighted by atomic mass is 16.2. The summed E-state index contributed by atoms with van der Waals surface area (Å²) in [4.78, 5) is 11.4. The number of nitrogens with zero attached hydrogens (tertiary/aromatic N) is 2. The predicted molar refractivity (Wildman–Crippen MR) is 49.4 cm³/mol. The van der Waals surface area contributed by atoms with Crippen LogP contribution in [0.1, 0.15) is 18.2 Å². The maximum atomic E-state index is 11.4. The lowest BCUT2D eigenvalue weighted by Gasteiger charge is -2.19. The molecule has 0 aliphatic carbocycles. The molecular weight excluding hydrogens is 166 g/mol. The number of carbonyl (C=O) groups is 1. The van der Waals surface area contributed by atoms with Gasteiger partial charge in [-0.25, -0.2) is 0 Å². The van der Waals surface area contributed by atoms with Crippen LogP contribution in [0.2, 0.25) is 0 Å². The SMILES string of the molecule is Cc1nn(C)c2c1CC(C)C(=O)N2. The van der Waals surface area contributed by atoms with Gasteiger partial charge in [0, 0.05) is 18.5 Å². The molecule has 1 amide bonds. The third-order valence-corrected chi connectivity index (χ3v) is 2.55. The van der Waals surface area contributed by atoms with Crippen LogP contribution in [0.5, 0.6) is 0 Å². The Morgan fingerprint density at radius 1 is 1.62 bits per heavy atom. The molecule has 1 aromatic rings. The van der Waals surface area contributed by atoms with Crippen LogP contribution in [-0.2, 0) is 18.3 Å². The van der Waals surface area contributed by atoms with E-state index in [2.05, 4.69) is 10.4 Å². The Bertz CT molecular complexity index is 367. The fourth-order valence-corrected chi connectivity index (χ4v) is 1.74. The van der Waals surface area contributed by atoms with E-state index >= 15 is 0 Å². The first-order valence-corrected chi connectivity index (χ1v) is 4.43. The molecule has 1 aromatic heterocycles. The third kappa shape index (κ3) is 1.13. The van der Waals surface area contributed by atoms with Gasteiger partial charge in [-0.2, -0.15) is 5.10 Å². The second-order valence-corrected chi connectivity index (χ2v) is 3.63. The van der Waals surface area contributed by atoms with E-state index < -0.39 is 0 Å². The Hall–Kier alpha value is -1.32. The van der Waals surface area contributed by atoms with Gasteiger partial charge in [-0.1, -0.05) is 6.92 Å². The molecule has 0 saturated heterocycles. The summed E-state index contributed by atoms with van der Waals surface area (Å²) in [6.45, 7) is 3.91. The Morgan fingerprint density at radius 3 is 3.00 bits per heavy atom. The van der Waals surface area contributed by atoms with Crippen molar-refractivity contribution in [2.45, 2.75) is 20.3 Å². The molecule has 1 atom stereocenters. The molecule has 2 heterocycles. The van der Waals surface area contributed by atoms with Crippen LogP contribution in [0.15, 0.2) is 0 Å². The zero-order chi connectivity index (χ0) is 9.59. The zero-order valence-electron chi connectivity index (χ0n) is 8.09. The number of hydrogen-bond acceptors (Lipinski definition) is 2. The van der Waals surface area contributed by atoms with Crippen LogP contribution >= 0.6 is 0 Å². The molecule has 0 saturated carbocycles. The van der Waals surface area contributed by atoms with Crippen LogP contribution in [0.25, 0.3) is 0 Å². The van der Waals surface area contributed by atoms with Crippen LogP contribution in [-0.4, -0.2) is 15.7 Å². The second kappa shape index (κ2) is 2.58. The highest BCUT2D eigenvalue weighted by Crippen LogP contribution is 2.27. The molecule has 4 nitrogen and oxygen atoms in total. The van der Waals surface area contributed by atoms with Crippen LogP contribution in [0.4, 0.5) is 5.82 Å². The Morgan fingerprint density at radius 2 is 2.31 bits per heavy atom. The van der Waals surface area contributed by atoms with Gasteiger partial charge in [0.25, 0.3) is 0 Å². The lowest BCUT2D eigenvalue weighted by Crippen LogP contribution is -2.28. The van der Waals surface area contributed by atoms with E-state index in [0.29, 0.717) is 0 Å². The van der Waals surface area contributed by atoms with Crippen molar-refractivity contribution in [3.05, 3.63) is 11.3 Å². The van der Waals surface area contributed by atoms with E-state index in [4.69, 9.17) is 0 Å². The van der Waals surface area contributed by atoms with Gasteiger partial charge >= 0.3 is 0 Å². The largest absolute Gasteiger partial charge is 0.310 e. The molecule has 0 fully saturated rings.